The summed E-state index contributed by atoms with van der Waals surface area (Å²) >= 11 is 3.57. The van der Waals surface area contributed by atoms with Crippen LogP contribution in [-0.4, -0.2) is 38.0 Å². The Balaban J connectivity index is 2.00. The van der Waals surface area contributed by atoms with E-state index in [1.807, 2.05) is 24.0 Å². The monoisotopic (exact) mass is 352 g/mol. The minimum Gasteiger partial charge on any atom is -0.357 e. The first kappa shape index (κ1) is 14.3. The van der Waals surface area contributed by atoms with Crippen molar-refractivity contribution in [3.05, 3.63) is 22.2 Å². The number of halogens is 1. The molecule has 3 N–H and O–H groups in total. The molecule has 2 aliphatic heterocycles. The van der Waals surface area contributed by atoms with Gasteiger partial charge >= 0.3 is 0 Å². The summed E-state index contributed by atoms with van der Waals surface area (Å²) in [5.41, 5.74) is 2.65. The lowest BCUT2D eigenvalue weighted by Crippen LogP contribution is -2.54. The molecule has 2 heterocycles. The molecule has 1 fully saturated rings. The van der Waals surface area contributed by atoms with E-state index in [4.69, 9.17) is 0 Å². The number of rotatable bonds is 2. The molecule has 0 radical (unpaired) electrons. The number of likely N-dealkylation sites (N-methyl/N-ethyl adjacent to an activating group) is 1. The van der Waals surface area contributed by atoms with Crippen LogP contribution in [0.2, 0.25) is 0 Å². The normalized spacial score (nSPS) is 24.6. The maximum absolute atomic E-state index is 11.9. The Labute approximate surface area is 131 Å². The summed E-state index contributed by atoms with van der Waals surface area (Å²) in [5, 5.41) is 8.73. The van der Waals surface area contributed by atoms with Crippen LogP contribution >= 0.6 is 15.9 Å². The quantitative estimate of drug-likeness (QED) is 0.741. The number of fused-ring (bicyclic) bond motifs is 1. The van der Waals surface area contributed by atoms with Gasteiger partial charge in [0.05, 0.1) is 5.69 Å². The molecule has 0 saturated carbocycles. The lowest BCUT2D eigenvalue weighted by atomic mass is 10.1. The van der Waals surface area contributed by atoms with Gasteiger partial charge in [-0.3, -0.25) is 9.59 Å². The van der Waals surface area contributed by atoms with Crippen molar-refractivity contribution in [1.82, 2.24) is 10.6 Å². The predicted octanol–water partition coefficient (Wildman–Crippen LogP) is 0.986. The van der Waals surface area contributed by atoms with Crippen LogP contribution in [-0.2, 0) is 9.59 Å². The van der Waals surface area contributed by atoms with Crippen molar-refractivity contribution < 1.29 is 9.59 Å². The van der Waals surface area contributed by atoms with Gasteiger partial charge in [-0.2, -0.15) is 0 Å². The van der Waals surface area contributed by atoms with Crippen LogP contribution in [0.25, 0.3) is 0 Å². The number of nitrogens with one attached hydrogen (secondary N) is 3. The smallest absolute Gasteiger partial charge is 0.246 e. The molecule has 2 amide bonds. The first-order valence-electron chi connectivity index (χ1n) is 6.89. The molecular formula is C14H17BrN4O2. The second kappa shape index (κ2) is 5.31. The lowest BCUT2D eigenvalue weighted by molar-refractivity contribution is -0.123. The van der Waals surface area contributed by atoms with E-state index in [-0.39, 0.29) is 23.9 Å². The number of piperazine rings is 1. The molecule has 6 nitrogen and oxygen atoms in total. The highest BCUT2D eigenvalue weighted by Gasteiger charge is 2.33. The van der Waals surface area contributed by atoms with E-state index in [1.54, 1.807) is 7.05 Å². The maximum atomic E-state index is 11.9. The third-order valence-electron chi connectivity index (χ3n) is 4.05. The van der Waals surface area contributed by atoms with Crippen molar-refractivity contribution in [2.24, 2.45) is 0 Å². The molecular weight excluding hydrogens is 336 g/mol. The average molecular weight is 353 g/mol. The maximum Gasteiger partial charge on any atom is 0.246 e. The summed E-state index contributed by atoms with van der Waals surface area (Å²) in [4.78, 5) is 25.8. The Morgan fingerprint density at radius 3 is 2.81 bits per heavy atom. The molecule has 1 saturated heterocycles. The van der Waals surface area contributed by atoms with Gasteiger partial charge in [-0.15, -0.1) is 0 Å². The Kier molecular flexibility index (Phi) is 3.62. The van der Waals surface area contributed by atoms with Crippen molar-refractivity contribution in [2.75, 3.05) is 30.4 Å². The number of anilines is 2. The summed E-state index contributed by atoms with van der Waals surface area (Å²) in [5.74, 6) is -0.0354. The fraction of sp³-hybridized carbons (Fsp3) is 0.429. The zero-order chi connectivity index (χ0) is 15.1. The molecule has 1 aromatic rings. The van der Waals surface area contributed by atoms with Gasteiger partial charge in [0.2, 0.25) is 11.8 Å². The van der Waals surface area contributed by atoms with Crippen molar-refractivity contribution >= 4 is 39.1 Å². The van der Waals surface area contributed by atoms with E-state index in [1.165, 1.54) is 0 Å². The van der Waals surface area contributed by atoms with E-state index < -0.39 is 0 Å². The molecule has 0 spiro atoms. The Hall–Kier alpha value is -1.60. The minimum atomic E-state index is -0.326. The van der Waals surface area contributed by atoms with Gasteiger partial charge in [-0.05, 0) is 42.0 Å². The molecule has 2 unspecified atom stereocenters. The van der Waals surface area contributed by atoms with Crippen molar-refractivity contribution in [1.29, 1.82) is 0 Å². The van der Waals surface area contributed by atoms with Crippen LogP contribution in [0.5, 0.6) is 0 Å². The van der Waals surface area contributed by atoms with Crippen LogP contribution in [0.1, 0.15) is 18.5 Å². The van der Waals surface area contributed by atoms with Gasteiger partial charge in [-0.25, -0.2) is 0 Å². The number of amides is 2. The fourth-order valence-electron chi connectivity index (χ4n) is 2.89. The van der Waals surface area contributed by atoms with Crippen LogP contribution in [0.15, 0.2) is 16.6 Å². The third-order valence-corrected chi connectivity index (χ3v) is 4.68. The highest BCUT2D eigenvalue weighted by atomic mass is 79.9. The van der Waals surface area contributed by atoms with Crippen molar-refractivity contribution in [3.8, 4) is 0 Å². The molecule has 2 aliphatic rings. The van der Waals surface area contributed by atoms with Crippen molar-refractivity contribution in [3.63, 3.8) is 0 Å². The van der Waals surface area contributed by atoms with E-state index in [9.17, 15) is 9.59 Å². The summed E-state index contributed by atoms with van der Waals surface area (Å²) in [7, 11) is 1.76. The lowest BCUT2D eigenvalue weighted by Gasteiger charge is -2.35. The Bertz CT molecular complexity index is 619. The molecule has 0 aromatic heterocycles. The largest absolute Gasteiger partial charge is 0.357 e. The number of nitrogens with zero attached hydrogens (tertiary/aromatic N) is 1. The van der Waals surface area contributed by atoms with Gasteiger partial charge in [-0.1, -0.05) is 0 Å². The molecule has 3 rings (SSSR count). The van der Waals surface area contributed by atoms with E-state index >= 15 is 0 Å². The van der Waals surface area contributed by atoms with Gasteiger partial charge in [0, 0.05) is 28.8 Å². The molecule has 21 heavy (non-hydrogen) atoms. The zero-order valence-electron chi connectivity index (χ0n) is 11.9. The van der Waals surface area contributed by atoms with E-state index in [2.05, 4.69) is 31.9 Å². The van der Waals surface area contributed by atoms with Crippen LogP contribution in [0.3, 0.4) is 0 Å². The number of benzene rings is 1. The molecule has 2 atom stereocenters. The standard InChI is InChI=1S/C14H17BrN4O2/c1-7-13(20)17-3-4-19(7)11-6-10-8(5-9(11)15)12(16-2)14(21)18-10/h5-7,12,16H,3-4H2,1-2H3,(H,17,20)(H,18,21). The Morgan fingerprint density at radius 1 is 1.33 bits per heavy atom. The number of carbonyl (C=O) groups excluding carboxylic acids is 2. The summed E-state index contributed by atoms with van der Waals surface area (Å²) in [6, 6.07) is 3.32. The third kappa shape index (κ3) is 2.30. The van der Waals surface area contributed by atoms with Crippen LogP contribution in [0, 0.1) is 0 Å². The number of hydrogen-bond acceptors (Lipinski definition) is 4. The topological polar surface area (TPSA) is 73.5 Å². The van der Waals surface area contributed by atoms with Gasteiger partial charge in [0.15, 0.2) is 0 Å². The average Bonchev–Trinajstić information content (AvgIpc) is 2.75. The molecule has 1 aromatic carbocycles. The summed E-state index contributed by atoms with van der Waals surface area (Å²) in [6.45, 7) is 3.25. The van der Waals surface area contributed by atoms with Crippen LogP contribution in [0.4, 0.5) is 11.4 Å². The number of carbonyl (C=O) groups is 2. The van der Waals surface area contributed by atoms with E-state index in [0.29, 0.717) is 6.54 Å². The van der Waals surface area contributed by atoms with Gasteiger partial charge in [0.1, 0.15) is 12.1 Å². The molecule has 0 aliphatic carbocycles. The van der Waals surface area contributed by atoms with Gasteiger partial charge < -0.3 is 20.9 Å². The SMILES string of the molecule is CNC1C(=O)Nc2cc(N3CCNC(=O)C3C)c(Br)cc21. The highest BCUT2D eigenvalue weighted by Crippen LogP contribution is 2.39. The second-order valence-corrected chi connectivity index (χ2v) is 6.12. The van der Waals surface area contributed by atoms with Crippen LogP contribution < -0.4 is 20.9 Å². The Morgan fingerprint density at radius 2 is 2.10 bits per heavy atom. The predicted molar refractivity (Wildman–Crippen MR) is 84.4 cm³/mol. The number of hydrogen-bond donors (Lipinski definition) is 3. The molecule has 0 bridgehead atoms. The molecule has 112 valence electrons. The summed E-state index contributed by atoms with van der Waals surface area (Å²) < 4.78 is 0.888. The zero-order valence-corrected chi connectivity index (χ0v) is 13.5. The highest BCUT2D eigenvalue weighted by molar-refractivity contribution is 9.10. The minimum absolute atomic E-state index is 0.0192. The fourth-order valence-corrected chi connectivity index (χ4v) is 3.48. The van der Waals surface area contributed by atoms with E-state index in [0.717, 1.165) is 28.0 Å². The summed E-state index contributed by atoms with van der Waals surface area (Å²) in [6.07, 6.45) is 0. The van der Waals surface area contributed by atoms with Gasteiger partial charge in [0.25, 0.3) is 0 Å². The van der Waals surface area contributed by atoms with Crippen molar-refractivity contribution in [2.45, 2.75) is 19.0 Å². The second-order valence-electron chi connectivity index (χ2n) is 5.26. The first-order chi connectivity index (χ1) is 10.0. The molecule has 7 heteroatoms. The first-order valence-corrected chi connectivity index (χ1v) is 7.68.